The van der Waals surface area contributed by atoms with E-state index in [0.717, 1.165) is 0 Å². The molecule has 1 N–H and O–H groups in total. The summed E-state index contributed by atoms with van der Waals surface area (Å²) in [7, 11) is 0. The summed E-state index contributed by atoms with van der Waals surface area (Å²) >= 11 is 0. The van der Waals surface area contributed by atoms with Gasteiger partial charge in [0.05, 0.1) is 13.2 Å². The lowest BCUT2D eigenvalue weighted by atomic mass is 9.94. The van der Waals surface area contributed by atoms with Crippen molar-refractivity contribution < 1.29 is 33.8 Å². The molecule has 0 rings (SSSR count). The summed E-state index contributed by atoms with van der Waals surface area (Å²) in [4.78, 5) is 44.2. The fraction of sp³-hybridized carbons (Fsp3) is 0.600. The molecule has 0 radical (unpaired) electrons. The lowest BCUT2D eigenvalue weighted by Gasteiger charge is -2.16. The van der Waals surface area contributed by atoms with E-state index in [-0.39, 0.29) is 19.5 Å². The van der Waals surface area contributed by atoms with Crippen LogP contribution in [-0.4, -0.2) is 42.5 Å². The van der Waals surface area contributed by atoms with E-state index in [0.29, 0.717) is 0 Å². The topological polar surface area (TPSA) is 107 Å². The van der Waals surface area contributed by atoms with E-state index in [9.17, 15) is 19.2 Å². The summed E-state index contributed by atoms with van der Waals surface area (Å²) in [6.45, 7) is 2.92. The van der Waals surface area contributed by atoms with Crippen LogP contribution < -0.4 is 0 Å². The molecule has 0 spiro atoms. The third-order valence-electron chi connectivity index (χ3n) is 1.87. The van der Waals surface area contributed by atoms with Crippen LogP contribution in [0.2, 0.25) is 0 Å². The van der Waals surface area contributed by atoms with Gasteiger partial charge in [0.1, 0.15) is 12.2 Å². The maximum Gasteiger partial charge on any atom is 0.321 e. The number of rotatable bonds is 7. The summed E-state index contributed by atoms with van der Waals surface area (Å²) < 4.78 is 9.00. The molecule has 7 heteroatoms. The molecule has 0 amide bonds. The Kier molecular flexibility index (Phi) is 6.54. The Bertz CT molecular complexity index is 310. The number of ether oxygens (including phenoxy) is 2. The van der Waals surface area contributed by atoms with Crippen LogP contribution in [0.5, 0.6) is 0 Å². The molecule has 96 valence electrons. The van der Waals surface area contributed by atoms with E-state index in [1.165, 1.54) is 13.8 Å². The van der Waals surface area contributed by atoms with Crippen LogP contribution in [0.4, 0.5) is 0 Å². The molecule has 0 heterocycles. The number of esters is 2. The highest BCUT2D eigenvalue weighted by Gasteiger charge is 2.41. The number of hydrogen-bond acceptors (Lipinski definition) is 6. The van der Waals surface area contributed by atoms with Gasteiger partial charge in [-0.3, -0.25) is 14.4 Å². The molecule has 2 atom stereocenters. The molecule has 0 saturated carbocycles. The monoisotopic (exact) mass is 246 g/mol. The molecule has 0 aliphatic rings. The van der Waals surface area contributed by atoms with Crippen LogP contribution in [0.3, 0.4) is 0 Å². The molecule has 7 nitrogen and oxygen atoms in total. The number of carboxylic acid groups (broad SMARTS) is 1. The molecule has 0 fully saturated rings. The first-order valence-electron chi connectivity index (χ1n) is 5.00. The second-order valence-corrected chi connectivity index (χ2v) is 2.98. The molecule has 0 aliphatic heterocycles. The van der Waals surface area contributed by atoms with E-state index >= 15 is 0 Å². The molecule has 0 aromatic rings. The second kappa shape index (κ2) is 7.37. The van der Waals surface area contributed by atoms with E-state index in [4.69, 9.17) is 5.11 Å². The Labute approximate surface area is 97.7 Å². The highest BCUT2D eigenvalue weighted by atomic mass is 16.5. The van der Waals surface area contributed by atoms with Gasteiger partial charge in [0.2, 0.25) is 0 Å². The lowest BCUT2D eigenvalue weighted by molar-refractivity contribution is -0.169. The van der Waals surface area contributed by atoms with Crippen molar-refractivity contribution in [2.45, 2.75) is 13.8 Å². The molecule has 0 saturated heterocycles. The van der Waals surface area contributed by atoms with Gasteiger partial charge in [-0.2, -0.15) is 0 Å². The fourth-order valence-corrected chi connectivity index (χ4v) is 1.14. The van der Waals surface area contributed by atoms with E-state index in [1.54, 1.807) is 0 Å². The maximum absolute atomic E-state index is 11.3. The number of carbonyl (C=O) groups excluding carboxylic acids is 3. The molecule has 0 unspecified atom stereocenters. The van der Waals surface area contributed by atoms with Crippen molar-refractivity contribution in [3.63, 3.8) is 0 Å². The lowest BCUT2D eigenvalue weighted by Crippen LogP contribution is -2.38. The van der Waals surface area contributed by atoms with Gasteiger partial charge in [-0.1, -0.05) is 0 Å². The number of aliphatic carboxylic acids is 1. The number of carbonyl (C=O) groups is 4. The summed E-state index contributed by atoms with van der Waals surface area (Å²) in [5, 5.41) is 8.82. The number of aldehydes is 1. The van der Waals surface area contributed by atoms with Gasteiger partial charge in [-0.15, -0.1) is 0 Å². The average Bonchev–Trinajstić information content (AvgIpc) is 2.25. The van der Waals surface area contributed by atoms with Crippen molar-refractivity contribution in [2.75, 3.05) is 13.2 Å². The van der Waals surface area contributed by atoms with Crippen molar-refractivity contribution in [1.82, 2.24) is 0 Å². The van der Waals surface area contributed by atoms with E-state index in [2.05, 4.69) is 9.47 Å². The quantitative estimate of drug-likeness (QED) is 0.371. The van der Waals surface area contributed by atoms with Gasteiger partial charge >= 0.3 is 17.9 Å². The minimum atomic E-state index is -1.87. The van der Waals surface area contributed by atoms with E-state index < -0.39 is 29.7 Å². The Balaban J connectivity index is 5.00. The van der Waals surface area contributed by atoms with Gasteiger partial charge in [0.15, 0.2) is 5.92 Å². The van der Waals surface area contributed by atoms with Crippen molar-refractivity contribution in [1.29, 1.82) is 0 Å². The Hall–Kier alpha value is -1.92. The smallest absolute Gasteiger partial charge is 0.321 e. The van der Waals surface area contributed by atoms with Gasteiger partial charge in [-0.05, 0) is 13.8 Å². The minimum Gasteiger partial charge on any atom is -0.481 e. The fourth-order valence-electron chi connectivity index (χ4n) is 1.14. The van der Waals surface area contributed by atoms with Gasteiger partial charge in [0, 0.05) is 0 Å². The van der Waals surface area contributed by atoms with Crippen LogP contribution in [-0.2, 0) is 28.7 Å². The zero-order valence-corrected chi connectivity index (χ0v) is 9.54. The van der Waals surface area contributed by atoms with Crippen LogP contribution in [0, 0.1) is 11.8 Å². The van der Waals surface area contributed by atoms with Crippen molar-refractivity contribution in [3.05, 3.63) is 0 Å². The van der Waals surface area contributed by atoms with Gasteiger partial charge in [-0.25, -0.2) is 0 Å². The van der Waals surface area contributed by atoms with Crippen molar-refractivity contribution in [3.8, 4) is 0 Å². The predicted octanol–water partition coefficient (Wildman–Crippen LogP) is -0.371. The van der Waals surface area contributed by atoms with Crippen molar-refractivity contribution in [2.24, 2.45) is 11.8 Å². The second-order valence-electron chi connectivity index (χ2n) is 2.98. The third kappa shape index (κ3) is 4.21. The summed E-state index contributed by atoms with van der Waals surface area (Å²) in [5.74, 6) is -7.35. The molecule has 0 aromatic heterocycles. The van der Waals surface area contributed by atoms with Crippen LogP contribution in [0.1, 0.15) is 13.8 Å². The summed E-state index contributed by atoms with van der Waals surface area (Å²) in [6, 6.07) is 0. The maximum atomic E-state index is 11.3. The normalized spacial score (nSPS) is 13.3. The molecular weight excluding hydrogens is 232 g/mol. The summed E-state index contributed by atoms with van der Waals surface area (Å²) in [6.07, 6.45) is 0.0771. The van der Waals surface area contributed by atoms with Crippen LogP contribution >= 0.6 is 0 Å². The van der Waals surface area contributed by atoms with Crippen LogP contribution in [0.15, 0.2) is 0 Å². The van der Waals surface area contributed by atoms with Gasteiger partial charge in [0.25, 0.3) is 0 Å². The Morgan fingerprint density at radius 2 is 1.59 bits per heavy atom. The van der Waals surface area contributed by atoms with Gasteiger partial charge < -0.3 is 19.4 Å². The zero-order chi connectivity index (χ0) is 13.4. The van der Waals surface area contributed by atoms with E-state index in [1.807, 2.05) is 0 Å². The zero-order valence-electron chi connectivity index (χ0n) is 9.54. The standard InChI is InChI=1S/C10H14O7/c1-3-16-9(14)6(5-11)7(8(12)13)10(15)17-4-2/h5-7H,3-4H2,1-2H3,(H,12,13)/t6-,7+/m1/s1. The Morgan fingerprint density at radius 3 is 1.94 bits per heavy atom. The minimum absolute atomic E-state index is 0.0155. The SMILES string of the molecule is CCOC(=O)[C@H](C(=O)O)[C@@H](C=O)C(=O)OCC. The third-order valence-corrected chi connectivity index (χ3v) is 1.87. The first-order chi connectivity index (χ1) is 7.99. The van der Waals surface area contributed by atoms with Crippen molar-refractivity contribution >= 4 is 24.2 Å². The highest BCUT2D eigenvalue weighted by Crippen LogP contribution is 2.14. The molecule has 0 aliphatic carbocycles. The molecule has 17 heavy (non-hydrogen) atoms. The largest absolute Gasteiger partial charge is 0.481 e. The molecule has 0 aromatic carbocycles. The van der Waals surface area contributed by atoms with Crippen LogP contribution in [0.25, 0.3) is 0 Å². The average molecular weight is 246 g/mol. The summed E-state index contributed by atoms with van der Waals surface area (Å²) in [5.41, 5.74) is 0. The number of hydrogen-bond donors (Lipinski definition) is 1. The highest BCUT2D eigenvalue weighted by molar-refractivity contribution is 6.03. The first-order valence-corrected chi connectivity index (χ1v) is 5.00. The Morgan fingerprint density at radius 1 is 1.12 bits per heavy atom. The molecule has 0 bridgehead atoms. The first kappa shape index (κ1) is 15.1. The number of carboxylic acids is 1. The predicted molar refractivity (Wildman–Crippen MR) is 53.9 cm³/mol. The molecular formula is C10H14O7.